The molecule has 1 heterocycles. The average Bonchev–Trinajstić information content (AvgIpc) is 2.30. The quantitative estimate of drug-likeness (QED) is 0.663. The second-order valence-corrected chi connectivity index (χ2v) is 2.55. The summed E-state index contributed by atoms with van der Waals surface area (Å²) in [6, 6.07) is 0. The lowest BCUT2D eigenvalue weighted by Gasteiger charge is -2.04. The van der Waals surface area contributed by atoms with Crippen LogP contribution in [-0.2, 0) is 7.05 Å². The first-order valence-corrected chi connectivity index (χ1v) is 3.47. The molecule has 0 spiro atoms. The highest BCUT2D eigenvalue weighted by atomic mass is 16.4. The van der Waals surface area contributed by atoms with Crippen molar-refractivity contribution >= 4 is 5.97 Å². The van der Waals surface area contributed by atoms with Crippen LogP contribution in [0.1, 0.15) is 29.3 Å². The minimum absolute atomic E-state index is 0.0640. The topological polar surface area (TPSA) is 75.3 Å². The van der Waals surface area contributed by atoms with Crippen LogP contribution in [0, 0.1) is 0 Å². The first-order chi connectivity index (χ1) is 5.54. The van der Waals surface area contributed by atoms with Crippen LogP contribution >= 0.6 is 0 Å². The molecule has 0 aliphatic rings. The minimum Gasteiger partial charge on any atom is -0.475 e. The Kier molecular flexibility index (Phi) is 2.14. The minimum atomic E-state index is -1.09. The molecule has 1 rings (SSSR count). The van der Waals surface area contributed by atoms with E-state index in [0.717, 1.165) is 0 Å². The van der Waals surface area contributed by atoms with E-state index in [-0.39, 0.29) is 5.82 Å². The van der Waals surface area contributed by atoms with Crippen LogP contribution in [0.2, 0.25) is 0 Å². The Morgan fingerprint density at radius 1 is 1.75 bits per heavy atom. The molecule has 0 bridgehead atoms. The molecule has 66 valence electrons. The van der Waals surface area contributed by atoms with Crippen LogP contribution in [0.4, 0.5) is 0 Å². The third-order valence-corrected chi connectivity index (χ3v) is 1.64. The van der Waals surface area contributed by atoms with Gasteiger partial charge in [0.15, 0.2) is 0 Å². The Morgan fingerprint density at radius 3 is 2.58 bits per heavy atom. The second-order valence-electron chi connectivity index (χ2n) is 2.55. The molecule has 1 unspecified atom stereocenters. The second kappa shape index (κ2) is 2.94. The fourth-order valence-corrected chi connectivity index (χ4v) is 1.01. The molecule has 2 N–H and O–H groups in total. The zero-order chi connectivity index (χ0) is 9.30. The number of carboxylic acid groups (broad SMARTS) is 1. The van der Waals surface area contributed by atoms with E-state index in [1.165, 1.54) is 10.8 Å². The van der Waals surface area contributed by atoms with E-state index in [1.54, 1.807) is 14.0 Å². The summed E-state index contributed by atoms with van der Waals surface area (Å²) >= 11 is 0. The molecule has 0 aliphatic carbocycles. The zero-order valence-electron chi connectivity index (χ0n) is 6.85. The van der Waals surface area contributed by atoms with Gasteiger partial charge in [0.05, 0.1) is 18.0 Å². The molecule has 0 saturated carbocycles. The van der Waals surface area contributed by atoms with Crippen molar-refractivity contribution in [1.29, 1.82) is 0 Å². The van der Waals surface area contributed by atoms with Crippen LogP contribution < -0.4 is 0 Å². The van der Waals surface area contributed by atoms with Gasteiger partial charge in [-0.3, -0.25) is 0 Å². The number of carboxylic acids is 1. The smallest absolute Gasteiger partial charge is 0.372 e. The van der Waals surface area contributed by atoms with Crippen molar-refractivity contribution in [2.75, 3.05) is 0 Å². The van der Waals surface area contributed by atoms with Gasteiger partial charge in [-0.1, -0.05) is 0 Å². The number of carbonyl (C=O) groups is 1. The summed E-state index contributed by atoms with van der Waals surface area (Å²) in [6.07, 6.45) is 0.657. The van der Waals surface area contributed by atoms with E-state index in [0.29, 0.717) is 5.69 Å². The fourth-order valence-electron chi connectivity index (χ4n) is 1.01. The van der Waals surface area contributed by atoms with Crippen molar-refractivity contribution < 1.29 is 15.0 Å². The first kappa shape index (κ1) is 8.73. The van der Waals surface area contributed by atoms with E-state index >= 15 is 0 Å². The molecule has 12 heavy (non-hydrogen) atoms. The Balaban J connectivity index is 3.13. The van der Waals surface area contributed by atoms with Crippen molar-refractivity contribution in [3.05, 3.63) is 17.7 Å². The lowest BCUT2D eigenvalue weighted by molar-refractivity contribution is 0.0678. The van der Waals surface area contributed by atoms with Gasteiger partial charge in [0.1, 0.15) is 0 Å². The summed E-state index contributed by atoms with van der Waals surface area (Å²) in [4.78, 5) is 14.1. The monoisotopic (exact) mass is 170 g/mol. The van der Waals surface area contributed by atoms with E-state index in [9.17, 15) is 4.79 Å². The predicted molar refractivity (Wildman–Crippen MR) is 40.8 cm³/mol. The number of aromatic nitrogens is 2. The van der Waals surface area contributed by atoms with Gasteiger partial charge in [-0.2, -0.15) is 0 Å². The molecular weight excluding hydrogens is 160 g/mol. The molecule has 0 aliphatic heterocycles. The predicted octanol–water partition coefficient (Wildman–Crippen LogP) is 0.172. The van der Waals surface area contributed by atoms with Gasteiger partial charge < -0.3 is 14.8 Å². The third-order valence-electron chi connectivity index (χ3n) is 1.64. The van der Waals surface area contributed by atoms with Crippen molar-refractivity contribution in [1.82, 2.24) is 9.55 Å². The Labute approximate surface area is 69.3 Å². The fraction of sp³-hybridized carbons (Fsp3) is 0.429. The van der Waals surface area contributed by atoms with Crippen LogP contribution in [0.15, 0.2) is 6.20 Å². The van der Waals surface area contributed by atoms with Gasteiger partial charge in [0.2, 0.25) is 5.82 Å². The summed E-state index contributed by atoms with van der Waals surface area (Å²) in [5, 5.41) is 17.7. The van der Waals surface area contributed by atoms with E-state index in [4.69, 9.17) is 10.2 Å². The normalized spacial score (nSPS) is 12.9. The Bertz CT molecular complexity index is 304. The molecule has 0 fully saturated rings. The highest BCUT2D eigenvalue weighted by Gasteiger charge is 2.14. The molecule has 5 heteroatoms. The van der Waals surface area contributed by atoms with Gasteiger partial charge in [-0.25, -0.2) is 9.78 Å². The maximum absolute atomic E-state index is 10.5. The number of imidazole rings is 1. The summed E-state index contributed by atoms with van der Waals surface area (Å²) in [5.41, 5.74) is 0.493. The number of hydrogen-bond acceptors (Lipinski definition) is 3. The molecular formula is C7H10N2O3. The number of rotatable bonds is 2. The number of nitrogens with zero attached hydrogens (tertiary/aromatic N) is 2. The van der Waals surface area contributed by atoms with Gasteiger partial charge >= 0.3 is 5.97 Å². The number of hydrogen-bond donors (Lipinski definition) is 2. The van der Waals surface area contributed by atoms with E-state index in [2.05, 4.69) is 4.98 Å². The Hall–Kier alpha value is -1.36. The summed E-state index contributed by atoms with van der Waals surface area (Å²) in [7, 11) is 1.55. The molecule has 0 radical (unpaired) electrons. The van der Waals surface area contributed by atoms with Crippen LogP contribution in [-0.4, -0.2) is 25.7 Å². The molecule has 1 aromatic rings. The van der Waals surface area contributed by atoms with Crippen molar-refractivity contribution in [3.8, 4) is 0 Å². The van der Waals surface area contributed by atoms with Gasteiger partial charge in [0, 0.05) is 7.05 Å². The molecule has 5 nitrogen and oxygen atoms in total. The number of aromatic carboxylic acids is 1. The first-order valence-electron chi connectivity index (χ1n) is 3.47. The summed E-state index contributed by atoms with van der Waals surface area (Å²) in [6.45, 7) is 1.56. The van der Waals surface area contributed by atoms with E-state index < -0.39 is 12.1 Å². The molecule has 0 saturated heterocycles. The van der Waals surface area contributed by atoms with Crippen LogP contribution in [0.3, 0.4) is 0 Å². The van der Waals surface area contributed by atoms with Crippen molar-refractivity contribution in [3.63, 3.8) is 0 Å². The van der Waals surface area contributed by atoms with E-state index in [1.807, 2.05) is 0 Å². The van der Waals surface area contributed by atoms with Crippen molar-refractivity contribution in [2.24, 2.45) is 7.05 Å². The number of aliphatic hydroxyl groups excluding tert-OH is 1. The SMILES string of the molecule is CC(O)c1cnc(C(=O)O)n1C. The lowest BCUT2D eigenvalue weighted by atomic mass is 10.3. The maximum atomic E-state index is 10.5. The molecule has 1 aromatic heterocycles. The van der Waals surface area contributed by atoms with Crippen molar-refractivity contribution in [2.45, 2.75) is 13.0 Å². The number of aliphatic hydroxyl groups is 1. The highest BCUT2D eigenvalue weighted by molar-refractivity contribution is 5.83. The molecule has 0 amide bonds. The van der Waals surface area contributed by atoms with Gasteiger partial charge in [-0.05, 0) is 6.92 Å². The highest BCUT2D eigenvalue weighted by Crippen LogP contribution is 2.11. The summed E-state index contributed by atoms with van der Waals surface area (Å²) < 4.78 is 1.35. The summed E-state index contributed by atoms with van der Waals surface area (Å²) in [5.74, 6) is -1.16. The van der Waals surface area contributed by atoms with Gasteiger partial charge in [-0.15, -0.1) is 0 Å². The zero-order valence-corrected chi connectivity index (χ0v) is 6.85. The molecule has 0 aromatic carbocycles. The maximum Gasteiger partial charge on any atom is 0.372 e. The average molecular weight is 170 g/mol. The van der Waals surface area contributed by atoms with Crippen LogP contribution in [0.25, 0.3) is 0 Å². The van der Waals surface area contributed by atoms with Crippen LogP contribution in [0.5, 0.6) is 0 Å². The standard InChI is InChI=1S/C7H10N2O3/c1-4(10)5-3-8-6(7(11)12)9(5)2/h3-4,10H,1-2H3,(H,11,12). The lowest BCUT2D eigenvalue weighted by Crippen LogP contribution is -2.09. The Morgan fingerprint density at radius 2 is 2.33 bits per heavy atom. The molecule has 1 atom stereocenters. The largest absolute Gasteiger partial charge is 0.475 e. The van der Waals surface area contributed by atoms with Gasteiger partial charge in [0.25, 0.3) is 0 Å². The third kappa shape index (κ3) is 1.31.